The van der Waals surface area contributed by atoms with Gasteiger partial charge in [-0.2, -0.15) is 9.97 Å². The Balaban J connectivity index is 1.26. The second kappa shape index (κ2) is 10.3. The van der Waals surface area contributed by atoms with Gasteiger partial charge in [0.25, 0.3) is 0 Å². The fourth-order valence-corrected chi connectivity index (χ4v) is 7.83. The first kappa shape index (κ1) is 27.1. The lowest BCUT2D eigenvalue weighted by molar-refractivity contribution is 0.669. The molecule has 0 atom stereocenters. The van der Waals surface area contributed by atoms with Gasteiger partial charge in [0.05, 0.1) is 11.0 Å². The molecular formula is C45H26N4O. The van der Waals surface area contributed by atoms with E-state index in [4.69, 9.17) is 19.4 Å². The molecule has 11 aromatic rings. The van der Waals surface area contributed by atoms with Crippen LogP contribution in [0.3, 0.4) is 0 Å². The van der Waals surface area contributed by atoms with Crippen molar-refractivity contribution in [1.82, 2.24) is 19.5 Å². The van der Waals surface area contributed by atoms with Crippen LogP contribution in [0.2, 0.25) is 0 Å². The Bertz CT molecular complexity index is 3070. The molecule has 0 saturated carbocycles. The first-order valence-corrected chi connectivity index (χ1v) is 16.8. The minimum atomic E-state index is 0.568. The smallest absolute Gasteiger partial charge is 0.238 e. The van der Waals surface area contributed by atoms with E-state index < -0.39 is 0 Å². The van der Waals surface area contributed by atoms with Crippen molar-refractivity contribution in [1.29, 1.82) is 0 Å². The number of nitrogens with zero attached hydrogens (tertiary/aromatic N) is 4. The molecule has 11 rings (SSSR count). The molecule has 3 heterocycles. The maximum atomic E-state index is 6.55. The lowest BCUT2D eigenvalue weighted by Gasteiger charge is -2.11. The topological polar surface area (TPSA) is 56.7 Å². The molecule has 5 nitrogen and oxygen atoms in total. The lowest BCUT2D eigenvalue weighted by atomic mass is 9.95. The third-order valence-corrected chi connectivity index (χ3v) is 10.0. The maximum Gasteiger partial charge on any atom is 0.238 e. The van der Waals surface area contributed by atoms with E-state index in [1.165, 1.54) is 27.1 Å². The molecule has 0 aliphatic rings. The van der Waals surface area contributed by atoms with Crippen molar-refractivity contribution in [3.63, 3.8) is 0 Å². The normalized spacial score (nSPS) is 12.0. The van der Waals surface area contributed by atoms with Crippen LogP contribution in [0.25, 0.3) is 105 Å². The van der Waals surface area contributed by atoms with Gasteiger partial charge in [0.15, 0.2) is 11.6 Å². The number of hydrogen-bond donors (Lipinski definition) is 0. The zero-order valence-electron chi connectivity index (χ0n) is 26.7. The van der Waals surface area contributed by atoms with Crippen LogP contribution in [0.4, 0.5) is 0 Å². The van der Waals surface area contributed by atoms with Crippen LogP contribution in [0.15, 0.2) is 162 Å². The Kier molecular flexibility index (Phi) is 5.60. The molecule has 0 bridgehead atoms. The van der Waals surface area contributed by atoms with E-state index in [0.29, 0.717) is 17.6 Å². The predicted octanol–water partition coefficient (Wildman–Crippen LogP) is 11.6. The Morgan fingerprint density at radius 3 is 1.58 bits per heavy atom. The minimum absolute atomic E-state index is 0.568. The number of aromatic nitrogens is 4. The van der Waals surface area contributed by atoms with E-state index in [1.807, 2.05) is 36.4 Å². The van der Waals surface area contributed by atoms with Crippen LogP contribution in [-0.2, 0) is 0 Å². The lowest BCUT2D eigenvalue weighted by Crippen LogP contribution is -2.06. The fraction of sp³-hybridized carbons (Fsp3) is 0. The van der Waals surface area contributed by atoms with E-state index in [-0.39, 0.29) is 0 Å². The Morgan fingerprint density at radius 2 is 0.860 bits per heavy atom. The molecule has 5 heteroatoms. The van der Waals surface area contributed by atoms with Crippen molar-refractivity contribution >= 4 is 65.3 Å². The molecule has 0 fully saturated rings. The molecule has 0 amide bonds. The number of benzene rings is 7. The van der Waals surface area contributed by atoms with E-state index in [0.717, 1.165) is 60.4 Å². The van der Waals surface area contributed by atoms with Gasteiger partial charge in [-0.15, -0.1) is 0 Å². The highest BCUT2D eigenvalue weighted by atomic mass is 16.3. The summed E-state index contributed by atoms with van der Waals surface area (Å²) in [6.45, 7) is 0. The second-order valence-corrected chi connectivity index (χ2v) is 12.8. The van der Waals surface area contributed by atoms with Gasteiger partial charge in [0, 0.05) is 32.7 Å². The number of furan rings is 1. The molecule has 0 aliphatic heterocycles. The summed E-state index contributed by atoms with van der Waals surface area (Å²) in [5.41, 5.74) is 7.97. The molecule has 50 heavy (non-hydrogen) atoms. The molecule has 0 saturated heterocycles. The van der Waals surface area contributed by atoms with Gasteiger partial charge in [-0.1, -0.05) is 133 Å². The number of hydrogen-bond acceptors (Lipinski definition) is 4. The number of rotatable bonds is 4. The van der Waals surface area contributed by atoms with Gasteiger partial charge >= 0.3 is 0 Å². The van der Waals surface area contributed by atoms with E-state index in [9.17, 15) is 0 Å². The molecule has 3 aromatic heterocycles. The third kappa shape index (κ3) is 3.86. The van der Waals surface area contributed by atoms with Gasteiger partial charge < -0.3 is 4.42 Å². The summed E-state index contributed by atoms with van der Waals surface area (Å²) in [7, 11) is 0. The highest BCUT2D eigenvalue weighted by Crippen LogP contribution is 2.46. The second-order valence-electron chi connectivity index (χ2n) is 12.8. The quantitative estimate of drug-likeness (QED) is 0.192. The predicted molar refractivity (Wildman–Crippen MR) is 204 cm³/mol. The van der Waals surface area contributed by atoms with Crippen molar-refractivity contribution in [2.45, 2.75) is 0 Å². The van der Waals surface area contributed by atoms with Gasteiger partial charge in [-0.05, 0) is 56.9 Å². The summed E-state index contributed by atoms with van der Waals surface area (Å²) in [5.74, 6) is 1.81. The van der Waals surface area contributed by atoms with Crippen molar-refractivity contribution in [2.75, 3.05) is 0 Å². The molecule has 0 unspecified atom stereocenters. The van der Waals surface area contributed by atoms with Crippen molar-refractivity contribution in [2.24, 2.45) is 0 Å². The summed E-state index contributed by atoms with van der Waals surface area (Å²) in [6.07, 6.45) is 0. The van der Waals surface area contributed by atoms with Crippen molar-refractivity contribution < 1.29 is 4.42 Å². The van der Waals surface area contributed by atoms with Crippen LogP contribution >= 0.6 is 0 Å². The highest BCUT2D eigenvalue weighted by molar-refractivity contribution is 6.38. The largest absolute Gasteiger partial charge is 0.456 e. The van der Waals surface area contributed by atoms with Crippen LogP contribution < -0.4 is 0 Å². The van der Waals surface area contributed by atoms with Crippen LogP contribution in [0.1, 0.15) is 0 Å². The molecule has 0 spiro atoms. The first-order valence-electron chi connectivity index (χ1n) is 16.8. The summed E-state index contributed by atoms with van der Waals surface area (Å²) in [6, 6.07) is 54.9. The van der Waals surface area contributed by atoms with E-state index >= 15 is 0 Å². The SMILES string of the molecule is c1ccc(-c2ccc(-c3nc(-c4ccccc4)nc(-n4c5cccc6c7ccccc7c7cccc8oc9ccc4c(c9c87)c65)n3)cc2)cc1. The fourth-order valence-electron chi connectivity index (χ4n) is 7.83. The monoisotopic (exact) mass is 638 g/mol. The number of fused-ring (bicyclic) bond motifs is 3. The summed E-state index contributed by atoms with van der Waals surface area (Å²) >= 11 is 0. The molecule has 232 valence electrons. The van der Waals surface area contributed by atoms with Gasteiger partial charge in [-0.25, -0.2) is 4.98 Å². The zero-order valence-corrected chi connectivity index (χ0v) is 26.7. The van der Waals surface area contributed by atoms with Gasteiger partial charge in [-0.3, -0.25) is 4.57 Å². The average molecular weight is 639 g/mol. The minimum Gasteiger partial charge on any atom is -0.456 e. The first-order chi connectivity index (χ1) is 24.8. The van der Waals surface area contributed by atoms with Crippen molar-refractivity contribution in [3.05, 3.63) is 158 Å². The molecular weight excluding hydrogens is 613 g/mol. The van der Waals surface area contributed by atoms with E-state index in [1.54, 1.807) is 0 Å². The Morgan fingerprint density at radius 1 is 0.340 bits per heavy atom. The van der Waals surface area contributed by atoms with E-state index in [2.05, 4.69) is 126 Å². The molecule has 0 radical (unpaired) electrons. The summed E-state index contributed by atoms with van der Waals surface area (Å²) in [4.78, 5) is 15.5. The van der Waals surface area contributed by atoms with Crippen molar-refractivity contribution in [3.8, 4) is 39.9 Å². The summed E-state index contributed by atoms with van der Waals surface area (Å²) in [5, 5.41) is 9.28. The summed E-state index contributed by atoms with van der Waals surface area (Å²) < 4.78 is 8.76. The van der Waals surface area contributed by atoms with Gasteiger partial charge in [0.1, 0.15) is 11.2 Å². The van der Waals surface area contributed by atoms with Crippen LogP contribution in [-0.4, -0.2) is 19.5 Å². The molecule has 0 aliphatic carbocycles. The standard InChI is InChI=1S/C45H26N4O/c1-3-11-27(12-4-1)28-21-23-30(24-22-28)44-46-43(29-13-5-2-6-14-29)47-45(48-44)49-35-19-9-17-33-31-15-7-8-16-32(31)34-18-10-20-37-40(34)42-38(50-37)26-25-36(49)41(42)39(33)35/h1-26H. The maximum absolute atomic E-state index is 6.55. The zero-order chi connectivity index (χ0) is 32.8. The average Bonchev–Trinajstić information content (AvgIpc) is 3.74. The van der Waals surface area contributed by atoms with Crippen LogP contribution in [0, 0.1) is 0 Å². The Labute approximate surface area is 286 Å². The molecule has 0 N–H and O–H groups in total. The highest BCUT2D eigenvalue weighted by Gasteiger charge is 2.24. The Hall–Kier alpha value is -6.85. The van der Waals surface area contributed by atoms with Gasteiger partial charge in [0.2, 0.25) is 5.95 Å². The third-order valence-electron chi connectivity index (χ3n) is 10.0. The molecule has 8 aromatic carbocycles. The van der Waals surface area contributed by atoms with Crippen LogP contribution in [0.5, 0.6) is 0 Å².